The molecule has 138 valence electrons. The molecule has 1 rings (SSSR count). The molecule has 10 nitrogen and oxygen atoms in total. The zero-order valence-electron chi connectivity index (χ0n) is 14.6. The molecule has 1 aromatic rings. The van der Waals surface area contributed by atoms with Crippen LogP contribution < -0.4 is 14.2 Å². The highest BCUT2D eigenvalue weighted by atomic mass is 16.6. The van der Waals surface area contributed by atoms with Crippen molar-refractivity contribution < 1.29 is 33.8 Å². The average Bonchev–Trinajstić information content (AvgIpc) is 2.58. The van der Waals surface area contributed by atoms with Gasteiger partial charge in [0, 0.05) is 19.7 Å². The van der Waals surface area contributed by atoms with Crippen LogP contribution in [0.2, 0.25) is 0 Å². The molecule has 1 amide bonds. The SMILES string of the molecule is COc1cc(C(=O)N(C)C[C@@H](C)C(=O)O)c([N+](=O)[O-])c(OC)c1OC. The lowest BCUT2D eigenvalue weighted by Gasteiger charge is -2.21. The summed E-state index contributed by atoms with van der Waals surface area (Å²) < 4.78 is 15.2. The molecule has 25 heavy (non-hydrogen) atoms. The Labute approximate surface area is 144 Å². The molecule has 0 saturated carbocycles. The molecule has 0 bridgehead atoms. The van der Waals surface area contributed by atoms with Crippen LogP contribution in [0.5, 0.6) is 17.2 Å². The van der Waals surface area contributed by atoms with Gasteiger partial charge in [-0.3, -0.25) is 19.7 Å². The van der Waals surface area contributed by atoms with Crippen LogP contribution in [0.1, 0.15) is 17.3 Å². The number of hydrogen-bond donors (Lipinski definition) is 1. The fourth-order valence-corrected chi connectivity index (χ4v) is 2.26. The number of amides is 1. The smallest absolute Gasteiger partial charge is 0.327 e. The second-order valence-electron chi connectivity index (χ2n) is 5.22. The summed E-state index contributed by atoms with van der Waals surface area (Å²) in [7, 11) is 5.16. The van der Waals surface area contributed by atoms with Crippen molar-refractivity contribution >= 4 is 17.6 Å². The van der Waals surface area contributed by atoms with Gasteiger partial charge in [-0.25, -0.2) is 0 Å². The number of methoxy groups -OCH3 is 3. The van der Waals surface area contributed by atoms with Crippen molar-refractivity contribution in [1.82, 2.24) is 4.90 Å². The van der Waals surface area contributed by atoms with E-state index in [-0.39, 0.29) is 29.4 Å². The molecule has 0 aliphatic carbocycles. The summed E-state index contributed by atoms with van der Waals surface area (Å²) in [5, 5.41) is 20.4. The number of benzene rings is 1. The highest BCUT2D eigenvalue weighted by molar-refractivity contribution is 6.00. The number of hydrogen-bond acceptors (Lipinski definition) is 7. The van der Waals surface area contributed by atoms with E-state index >= 15 is 0 Å². The molecule has 10 heteroatoms. The predicted molar refractivity (Wildman–Crippen MR) is 86.5 cm³/mol. The molecule has 1 atom stereocenters. The van der Waals surface area contributed by atoms with Gasteiger partial charge < -0.3 is 24.2 Å². The van der Waals surface area contributed by atoms with E-state index < -0.39 is 28.4 Å². The van der Waals surface area contributed by atoms with E-state index in [2.05, 4.69) is 0 Å². The van der Waals surface area contributed by atoms with Crippen LogP contribution in [0.15, 0.2) is 6.07 Å². The summed E-state index contributed by atoms with van der Waals surface area (Å²) >= 11 is 0. The van der Waals surface area contributed by atoms with Crippen LogP contribution in [-0.4, -0.2) is 61.7 Å². The molecule has 0 heterocycles. The maximum absolute atomic E-state index is 12.6. The number of rotatable bonds is 8. The first-order chi connectivity index (χ1) is 11.7. The van der Waals surface area contributed by atoms with Crippen molar-refractivity contribution in [3.8, 4) is 17.2 Å². The van der Waals surface area contributed by atoms with Gasteiger partial charge in [-0.2, -0.15) is 0 Å². The summed E-state index contributed by atoms with van der Waals surface area (Å²) in [6.07, 6.45) is 0. The summed E-state index contributed by atoms with van der Waals surface area (Å²) in [5.74, 6) is -2.86. The number of nitrogens with zero attached hydrogens (tertiary/aromatic N) is 2. The van der Waals surface area contributed by atoms with Crippen molar-refractivity contribution in [3.05, 3.63) is 21.7 Å². The topological polar surface area (TPSA) is 128 Å². The van der Waals surface area contributed by atoms with Gasteiger partial charge in [0.1, 0.15) is 5.56 Å². The van der Waals surface area contributed by atoms with E-state index in [1.165, 1.54) is 41.4 Å². The normalized spacial score (nSPS) is 11.4. The maximum atomic E-state index is 12.6. The lowest BCUT2D eigenvalue weighted by molar-refractivity contribution is -0.386. The van der Waals surface area contributed by atoms with Crippen LogP contribution in [0.4, 0.5) is 5.69 Å². The lowest BCUT2D eigenvalue weighted by Crippen LogP contribution is -2.34. The maximum Gasteiger partial charge on any atom is 0.327 e. The second kappa shape index (κ2) is 8.18. The van der Waals surface area contributed by atoms with Gasteiger partial charge in [-0.05, 0) is 0 Å². The van der Waals surface area contributed by atoms with Gasteiger partial charge in [0.25, 0.3) is 5.91 Å². The zero-order valence-corrected chi connectivity index (χ0v) is 14.6. The Hall–Kier alpha value is -3.04. The van der Waals surface area contributed by atoms with Crippen LogP contribution in [-0.2, 0) is 4.79 Å². The first kappa shape index (κ1) is 20.0. The first-order valence-electron chi connectivity index (χ1n) is 7.15. The van der Waals surface area contributed by atoms with Gasteiger partial charge in [0.2, 0.25) is 11.5 Å². The molecule has 0 aromatic heterocycles. The Kier molecular flexibility index (Phi) is 6.54. The van der Waals surface area contributed by atoms with Crippen molar-refractivity contribution in [3.63, 3.8) is 0 Å². The molecule has 0 spiro atoms. The molecule has 0 fully saturated rings. The van der Waals surface area contributed by atoms with E-state index in [0.717, 1.165) is 4.90 Å². The molecule has 0 saturated heterocycles. The second-order valence-corrected chi connectivity index (χ2v) is 5.22. The number of nitro groups is 1. The van der Waals surface area contributed by atoms with Crippen LogP contribution in [0.25, 0.3) is 0 Å². The van der Waals surface area contributed by atoms with Crippen LogP contribution >= 0.6 is 0 Å². The summed E-state index contributed by atoms with van der Waals surface area (Å²) in [6.45, 7) is 1.30. The minimum absolute atomic E-state index is 0.0187. The van der Waals surface area contributed by atoms with Gasteiger partial charge in [-0.1, -0.05) is 6.92 Å². The van der Waals surface area contributed by atoms with Crippen molar-refractivity contribution in [2.75, 3.05) is 34.9 Å². The quantitative estimate of drug-likeness (QED) is 0.547. The standard InChI is InChI=1S/C15H20N2O8/c1-8(15(19)20)7-16(2)14(18)9-6-10(23-3)12(24-4)13(25-5)11(9)17(21)22/h6,8H,7H2,1-5H3,(H,19,20)/t8-/m1/s1. The third-order valence-electron chi connectivity index (χ3n) is 3.53. The largest absolute Gasteiger partial charge is 0.493 e. The number of nitro benzene ring substituents is 1. The number of carboxylic acid groups (broad SMARTS) is 1. The molecule has 0 aliphatic rings. The fourth-order valence-electron chi connectivity index (χ4n) is 2.26. The van der Waals surface area contributed by atoms with Gasteiger partial charge >= 0.3 is 11.7 Å². The van der Waals surface area contributed by atoms with Crippen molar-refractivity contribution in [2.24, 2.45) is 5.92 Å². The molecule has 0 unspecified atom stereocenters. The van der Waals surface area contributed by atoms with E-state index in [0.29, 0.717) is 0 Å². The predicted octanol–water partition coefficient (Wildman–Crippen LogP) is 1.41. The van der Waals surface area contributed by atoms with Crippen molar-refractivity contribution in [1.29, 1.82) is 0 Å². The third-order valence-corrected chi connectivity index (χ3v) is 3.53. The summed E-state index contributed by atoms with van der Waals surface area (Å²) in [4.78, 5) is 35.4. The molecule has 1 aromatic carbocycles. The van der Waals surface area contributed by atoms with E-state index in [1.807, 2.05) is 0 Å². The van der Waals surface area contributed by atoms with E-state index in [1.54, 1.807) is 0 Å². The van der Waals surface area contributed by atoms with Crippen LogP contribution in [0.3, 0.4) is 0 Å². The van der Waals surface area contributed by atoms with Gasteiger partial charge in [0.05, 0.1) is 32.2 Å². The number of carboxylic acids is 1. The minimum atomic E-state index is -1.08. The number of ether oxygens (including phenoxy) is 3. The number of aliphatic carboxylic acids is 1. The Morgan fingerprint density at radius 2 is 1.80 bits per heavy atom. The van der Waals surface area contributed by atoms with Gasteiger partial charge in [0.15, 0.2) is 5.75 Å². The van der Waals surface area contributed by atoms with Crippen molar-refractivity contribution in [2.45, 2.75) is 6.92 Å². The fraction of sp³-hybridized carbons (Fsp3) is 0.467. The lowest BCUT2D eigenvalue weighted by atomic mass is 10.1. The molecule has 0 aliphatic heterocycles. The Bertz CT molecular complexity index is 689. The van der Waals surface area contributed by atoms with E-state index in [9.17, 15) is 19.7 Å². The highest BCUT2D eigenvalue weighted by Crippen LogP contribution is 2.46. The Morgan fingerprint density at radius 3 is 2.20 bits per heavy atom. The third kappa shape index (κ3) is 4.08. The summed E-state index contributed by atoms with van der Waals surface area (Å²) in [6, 6.07) is 1.17. The summed E-state index contributed by atoms with van der Waals surface area (Å²) in [5.41, 5.74) is -0.875. The number of carbonyl (C=O) groups is 2. The molecule has 0 radical (unpaired) electrons. The van der Waals surface area contributed by atoms with E-state index in [4.69, 9.17) is 19.3 Å². The van der Waals surface area contributed by atoms with Crippen LogP contribution in [0, 0.1) is 16.0 Å². The Balaban J connectivity index is 3.49. The zero-order chi connectivity index (χ0) is 19.3. The minimum Gasteiger partial charge on any atom is -0.493 e. The molecular formula is C15H20N2O8. The monoisotopic (exact) mass is 356 g/mol. The Morgan fingerprint density at radius 1 is 1.24 bits per heavy atom. The average molecular weight is 356 g/mol. The molecular weight excluding hydrogens is 336 g/mol. The highest BCUT2D eigenvalue weighted by Gasteiger charge is 2.34. The number of carbonyl (C=O) groups excluding carboxylic acids is 1. The first-order valence-corrected chi connectivity index (χ1v) is 7.15. The molecule has 1 N–H and O–H groups in total. The van der Waals surface area contributed by atoms with Gasteiger partial charge in [-0.15, -0.1) is 0 Å².